The number of hydrogen-bond donors (Lipinski definition) is 1. The Morgan fingerprint density at radius 1 is 0.300 bits per heavy atom. The molecule has 0 radical (unpaired) electrons. The number of unbranched alkanes of at least 4 members (excludes halogenated alkanes) is 29. The molecule has 0 rings (SSSR count). The van der Waals surface area contributed by atoms with E-state index in [9.17, 15) is 5.11 Å². The molecule has 0 aromatic rings. The van der Waals surface area contributed by atoms with E-state index in [2.05, 4.69) is 20.8 Å². The number of hydrogen-bond acceptors (Lipinski definition) is 1. The molecule has 1 heteroatoms. The second-order valence-electron chi connectivity index (χ2n) is 13.6. The van der Waals surface area contributed by atoms with E-state index in [1.807, 2.05) is 0 Å². The standard InChI is InChI=1S/C39H80O/c1-4-7-9-11-13-15-17-19-21-22-23-25-27-29-31-33-35-37-38(39(40)6-3)36-34-32-30-28-26-24-20-18-16-14-12-10-8-5-2/h38-40H,4-37H2,1-3H3. The maximum absolute atomic E-state index is 10.6. The lowest BCUT2D eigenvalue weighted by molar-refractivity contribution is 0.0901. The number of aliphatic hydroxyl groups excluding tert-OH is 1. The fourth-order valence-corrected chi connectivity index (χ4v) is 6.59. The molecule has 0 aliphatic heterocycles. The molecule has 0 fully saturated rings. The van der Waals surface area contributed by atoms with E-state index in [1.54, 1.807) is 0 Å². The highest BCUT2D eigenvalue weighted by Crippen LogP contribution is 2.24. The molecule has 2 atom stereocenters. The van der Waals surface area contributed by atoms with Crippen LogP contribution in [0.3, 0.4) is 0 Å². The second-order valence-corrected chi connectivity index (χ2v) is 13.6. The predicted molar refractivity (Wildman–Crippen MR) is 183 cm³/mol. The van der Waals surface area contributed by atoms with Gasteiger partial charge in [0.15, 0.2) is 0 Å². The van der Waals surface area contributed by atoms with Crippen LogP contribution in [0, 0.1) is 5.92 Å². The summed E-state index contributed by atoms with van der Waals surface area (Å²) in [5, 5.41) is 10.6. The van der Waals surface area contributed by atoms with E-state index < -0.39 is 0 Å². The average Bonchev–Trinajstić information content (AvgIpc) is 2.97. The van der Waals surface area contributed by atoms with Gasteiger partial charge >= 0.3 is 0 Å². The van der Waals surface area contributed by atoms with Crippen LogP contribution < -0.4 is 0 Å². The molecule has 0 aromatic carbocycles. The van der Waals surface area contributed by atoms with Crippen LogP contribution >= 0.6 is 0 Å². The smallest absolute Gasteiger partial charge is 0.0565 e. The Balaban J connectivity index is 3.47. The van der Waals surface area contributed by atoms with Gasteiger partial charge in [-0.05, 0) is 25.2 Å². The summed E-state index contributed by atoms with van der Waals surface area (Å²) in [7, 11) is 0. The van der Waals surface area contributed by atoms with Crippen molar-refractivity contribution in [2.45, 2.75) is 245 Å². The molecular formula is C39H80O. The Kier molecular flexibility index (Phi) is 35.1. The highest BCUT2D eigenvalue weighted by molar-refractivity contribution is 4.68. The number of aliphatic hydroxyl groups is 1. The summed E-state index contributed by atoms with van der Waals surface area (Å²) in [4.78, 5) is 0. The van der Waals surface area contributed by atoms with Crippen LogP contribution in [0.25, 0.3) is 0 Å². The summed E-state index contributed by atoms with van der Waals surface area (Å²) in [5.74, 6) is 0.554. The second kappa shape index (κ2) is 35.2. The molecule has 0 saturated carbocycles. The quantitative estimate of drug-likeness (QED) is 0.0759. The first-order valence-corrected chi connectivity index (χ1v) is 19.4. The van der Waals surface area contributed by atoms with Crippen molar-refractivity contribution in [2.24, 2.45) is 5.92 Å². The largest absolute Gasteiger partial charge is 0.393 e. The topological polar surface area (TPSA) is 20.2 Å². The molecule has 1 nitrogen and oxygen atoms in total. The van der Waals surface area contributed by atoms with Crippen molar-refractivity contribution in [2.75, 3.05) is 0 Å². The minimum atomic E-state index is -0.0666. The lowest BCUT2D eigenvalue weighted by Crippen LogP contribution is -2.19. The molecule has 40 heavy (non-hydrogen) atoms. The van der Waals surface area contributed by atoms with Gasteiger partial charge in [0.25, 0.3) is 0 Å². The zero-order valence-corrected chi connectivity index (χ0v) is 28.6. The molecule has 0 spiro atoms. The molecule has 0 aliphatic rings. The van der Waals surface area contributed by atoms with Crippen LogP contribution in [0.1, 0.15) is 239 Å². The van der Waals surface area contributed by atoms with Crippen molar-refractivity contribution in [3.05, 3.63) is 0 Å². The Bertz CT molecular complexity index is 433. The molecule has 0 amide bonds. The van der Waals surface area contributed by atoms with Crippen molar-refractivity contribution in [1.82, 2.24) is 0 Å². The fraction of sp³-hybridized carbons (Fsp3) is 1.00. The Morgan fingerprint density at radius 2 is 0.500 bits per heavy atom. The van der Waals surface area contributed by atoms with E-state index in [0.717, 1.165) is 6.42 Å². The van der Waals surface area contributed by atoms with Gasteiger partial charge in [0, 0.05) is 0 Å². The van der Waals surface area contributed by atoms with Gasteiger partial charge < -0.3 is 5.11 Å². The highest BCUT2D eigenvalue weighted by atomic mass is 16.3. The molecule has 0 saturated heterocycles. The first-order chi connectivity index (χ1) is 19.8. The molecule has 0 aromatic heterocycles. The van der Waals surface area contributed by atoms with Crippen LogP contribution in [0.4, 0.5) is 0 Å². The van der Waals surface area contributed by atoms with Gasteiger partial charge in [-0.3, -0.25) is 0 Å². The normalized spacial score (nSPS) is 13.2. The Hall–Kier alpha value is -0.0400. The number of rotatable bonds is 35. The molecule has 0 aliphatic carbocycles. The lowest BCUT2D eigenvalue weighted by atomic mass is 9.88. The maximum Gasteiger partial charge on any atom is 0.0565 e. The summed E-state index contributed by atoms with van der Waals surface area (Å²) < 4.78 is 0. The van der Waals surface area contributed by atoms with Crippen LogP contribution in [0.15, 0.2) is 0 Å². The van der Waals surface area contributed by atoms with Crippen LogP contribution in [-0.2, 0) is 0 Å². The zero-order chi connectivity index (χ0) is 29.2. The van der Waals surface area contributed by atoms with Crippen molar-refractivity contribution in [1.29, 1.82) is 0 Å². The molecule has 2 unspecified atom stereocenters. The van der Waals surface area contributed by atoms with Gasteiger partial charge in [-0.25, -0.2) is 0 Å². The summed E-state index contributed by atoms with van der Waals surface area (Å²) >= 11 is 0. The fourth-order valence-electron chi connectivity index (χ4n) is 6.59. The summed E-state index contributed by atoms with van der Waals surface area (Å²) in [6, 6.07) is 0. The Labute approximate surface area is 255 Å². The minimum Gasteiger partial charge on any atom is -0.393 e. The Morgan fingerprint density at radius 3 is 0.700 bits per heavy atom. The van der Waals surface area contributed by atoms with Gasteiger partial charge in [0.05, 0.1) is 6.10 Å². The van der Waals surface area contributed by atoms with Crippen molar-refractivity contribution >= 4 is 0 Å². The third-order valence-corrected chi connectivity index (χ3v) is 9.57. The summed E-state index contributed by atoms with van der Waals surface area (Å²) in [6.45, 7) is 6.77. The third-order valence-electron chi connectivity index (χ3n) is 9.57. The van der Waals surface area contributed by atoms with E-state index in [1.165, 1.54) is 212 Å². The summed E-state index contributed by atoms with van der Waals surface area (Å²) in [6.07, 6.45) is 47.8. The molecule has 242 valence electrons. The van der Waals surface area contributed by atoms with Crippen LogP contribution in [0.5, 0.6) is 0 Å². The van der Waals surface area contributed by atoms with E-state index in [0.29, 0.717) is 5.92 Å². The SMILES string of the molecule is CCCCCCCCCCCCCCCCCCCC(CCCCCCCCCCCCCCCC)C(O)CC. The van der Waals surface area contributed by atoms with E-state index in [-0.39, 0.29) is 6.10 Å². The average molecular weight is 565 g/mol. The molecule has 0 bridgehead atoms. The predicted octanol–water partition coefficient (Wildman–Crippen LogP) is 14.3. The van der Waals surface area contributed by atoms with Crippen LogP contribution in [-0.4, -0.2) is 11.2 Å². The molecule has 1 N–H and O–H groups in total. The van der Waals surface area contributed by atoms with Crippen molar-refractivity contribution in [3.8, 4) is 0 Å². The molecule has 0 heterocycles. The first kappa shape index (κ1) is 40.0. The minimum absolute atomic E-state index is 0.0666. The van der Waals surface area contributed by atoms with Gasteiger partial charge in [0.1, 0.15) is 0 Å². The lowest BCUT2D eigenvalue weighted by Gasteiger charge is -2.22. The summed E-state index contributed by atoms with van der Waals surface area (Å²) in [5.41, 5.74) is 0. The zero-order valence-electron chi connectivity index (χ0n) is 28.6. The van der Waals surface area contributed by atoms with Gasteiger partial charge in [-0.1, -0.05) is 220 Å². The van der Waals surface area contributed by atoms with Crippen molar-refractivity contribution in [3.63, 3.8) is 0 Å². The van der Waals surface area contributed by atoms with Gasteiger partial charge in [0.2, 0.25) is 0 Å². The first-order valence-electron chi connectivity index (χ1n) is 19.4. The van der Waals surface area contributed by atoms with Crippen LogP contribution in [0.2, 0.25) is 0 Å². The third kappa shape index (κ3) is 30.9. The van der Waals surface area contributed by atoms with E-state index in [4.69, 9.17) is 0 Å². The highest BCUT2D eigenvalue weighted by Gasteiger charge is 2.16. The maximum atomic E-state index is 10.6. The molecular weight excluding hydrogens is 484 g/mol. The van der Waals surface area contributed by atoms with Crippen molar-refractivity contribution < 1.29 is 5.11 Å². The van der Waals surface area contributed by atoms with E-state index >= 15 is 0 Å². The van der Waals surface area contributed by atoms with Gasteiger partial charge in [-0.2, -0.15) is 0 Å². The monoisotopic (exact) mass is 565 g/mol. The van der Waals surface area contributed by atoms with Gasteiger partial charge in [-0.15, -0.1) is 0 Å².